The van der Waals surface area contributed by atoms with E-state index >= 15 is 0 Å². The van der Waals surface area contributed by atoms with Crippen LogP contribution < -0.4 is 9.84 Å². The van der Waals surface area contributed by atoms with Crippen molar-refractivity contribution in [2.75, 3.05) is 6.61 Å². The maximum absolute atomic E-state index is 12.1. The number of ether oxygens (including phenoxy) is 1. The Labute approximate surface area is 128 Å². The van der Waals surface area contributed by atoms with Crippen LogP contribution >= 0.6 is 0 Å². The monoisotopic (exact) mass is 295 g/mol. The molecule has 4 nitrogen and oxygen atoms in total. The third kappa shape index (κ3) is 4.59. The fraction of sp³-hybridized carbons (Fsp3) is 0.111. The first-order chi connectivity index (χ1) is 10.5. The van der Waals surface area contributed by atoms with Gasteiger partial charge in [-0.25, -0.2) is 0 Å². The lowest BCUT2D eigenvalue weighted by Gasteiger charge is -2.07. The molecular weight excluding hydrogens is 280 g/mol. The fourth-order valence-electron chi connectivity index (χ4n) is 1.83. The van der Waals surface area contributed by atoms with E-state index in [-0.39, 0.29) is 5.78 Å². The second-order valence-electron chi connectivity index (χ2n) is 4.80. The summed E-state index contributed by atoms with van der Waals surface area (Å²) in [7, 11) is 0. The molecule has 4 heteroatoms. The molecule has 0 amide bonds. The number of carbonyl (C=O) groups excluding carboxylic acids is 2. The van der Waals surface area contributed by atoms with Crippen molar-refractivity contribution in [2.24, 2.45) is 0 Å². The van der Waals surface area contributed by atoms with Crippen LogP contribution in [-0.4, -0.2) is 18.4 Å². The maximum atomic E-state index is 12.1. The number of carboxylic acids is 1. The van der Waals surface area contributed by atoms with Crippen LogP contribution in [0.2, 0.25) is 0 Å². The molecule has 0 spiro atoms. The van der Waals surface area contributed by atoms with Gasteiger partial charge >= 0.3 is 0 Å². The van der Waals surface area contributed by atoms with E-state index in [9.17, 15) is 14.7 Å². The van der Waals surface area contributed by atoms with Crippen LogP contribution in [0.3, 0.4) is 0 Å². The van der Waals surface area contributed by atoms with Gasteiger partial charge in [0.1, 0.15) is 12.4 Å². The Hall–Kier alpha value is -2.88. The minimum Gasteiger partial charge on any atom is -0.546 e. The Bertz CT molecular complexity index is 699. The number of carboxylic acid groups (broad SMARTS) is 1. The average molecular weight is 295 g/mol. The SMILES string of the molecule is Cc1ccc(/C=C/C(=O)c2cccc(OCC(=O)[O-])c2)cc1. The molecule has 0 heterocycles. The highest BCUT2D eigenvalue weighted by atomic mass is 16.5. The quantitative estimate of drug-likeness (QED) is 0.604. The predicted octanol–water partition coefficient (Wildman–Crippen LogP) is 2.02. The average Bonchev–Trinajstić information content (AvgIpc) is 2.52. The first-order valence-corrected chi connectivity index (χ1v) is 6.76. The zero-order valence-corrected chi connectivity index (χ0v) is 12.1. The molecule has 22 heavy (non-hydrogen) atoms. The minimum atomic E-state index is -1.31. The summed E-state index contributed by atoms with van der Waals surface area (Å²) in [6, 6.07) is 14.2. The molecule has 2 rings (SSSR count). The highest BCUT2D eigenvalue weighted by Gasteiger charge is 2.03. The van der Waals surface area contributed by atoms with Crippen molar-refractivity contribution in [3.05, 3.63) is 71.3 Å². The van der Waals surface area contributed by atoms with Crippen LogP contribution in [0, 0.1) is 6.92 Å². The zero-order valence-electron chi connectivity index (χ0n) is 12.1. The van der Waals surface area contributed by atoms with E-state index < -0.39 is 12.6 Å². The lowest BCUT2D eigenvalue weighted by atomic mass is 10.1. The molecule has 0 bridgehead atoms. The molecule has 0 radical (unpaired) electrons. The second kappa shape index (κ2) is 7.22. The van der Waals surface area contributed by atoms with Crippen LogP contribution in [0.15, 0.2) is 54.6 Å². The number of hydrogen-bond acceptors (Lipinski definition) is 4. The van der Waals surface area contributed by atoms with Gasteiger partial charge in [0, 0.05) is 5.56 Å². The minimum absolute atomic E-state index is 0.181. The van der Waals surface area contributed by atoms with Crippen LogP contribution in [0.4, 0.5) is 0 Å². The van der Waals surface area contributed by atoms with E-state index in [4.69, 9.17) is 4.74 Å². The zero-order chi connectivity index (χ0) is 15.9. The lowest BCUT2D eigenvalue weighted by Crippen LogP contribution is -2.28. The van der Waals surface area contributed by atoms with Crippen LogP contribution in [0.1, 0.15) is 21.5 Å². The van der Waals surface area contributed by atoms with Gasteiger partial charge in [-0.3, -0.25) is 4.79 Å². The molecule has 0 fully saturated rings. The van der Waals surface area contributed by atoms with E-state index in [0.717, 1.165) is 11.1 Å². The molecule has 0 aliphatic carbocycles. The van der Waals surface area contributed by atoms with E-state index in [2.05, 4.69) is 0 Å². The van der Waals surface area contributed by atoms with E-state index in [1.165, 1.54) is 12.1 Å². The molecule has 0 aromatic heterocycles. The van der Waals surface area contributed by atoms with E-state index in [1.807, 2.05) is 31.2 Å². The third-order valence-electron chi connectivity index (χ3n) is 2.98. The number of carbonyl (C=O) groups is 2. The number of aliphatic carboxylic acids is 1. The Kier molecular flexibility index (Phi) is 5.09. The van der Waals surface area contributed by atoms with Crippen LogP contribution in [0.25, 0.3) is 6.08 Å². The van der Waals surface area contributed by atoms with Gasteiger partial charge in [-0.15, -0.1) is 0 Å². The summed E-state index contributed by atoms with van der Waals surface area (Å²) in [4.78, 5) is 22.5. The molecule has 0 unspecified atom stereocenters. The van der Waals surface area contributed by atoms with Crippen molar-refractivity contribution < 1.29 is 19.4 Å². The second-order valence-corrected chi connectivity index (χ2v) is 4.80. The summed E-state index contributed by atoms with van der Waals surface area (Å²) >= 11 is 0. The number of rotatable bonds is 6. The predicted molar refractivity (Wildman–Crippen MR) is 81.5 cm³/mol. The standard InChI is InChI=1S/C18H16O4/c1-13-5-7-14(8-6-13)9-10-17(19)15-3-2-4-16(11-15)22-12-18(20)21/h2-11H,12H2,1H3,(H,20,21)/p-1/b10-9+. The van der Waals surface area contributed by atoms with Gasteiger partial charge < -0.3 is 14.6 Å². The fourth-order valence-corrected chi connectivity index (χ4v) is 1.83. The van der Waals surface area contributed by atoms with Gasteiger partial charge in [-0.05, 0) is 30.7 Å². The Morgan fingerprint density at radius 1 is 1.14 bits per heavy atom. The van der Waals surface area contributed by atoms with Gasteiger partial charge in [-0.2, -0.15) is 0 Å². The van der Waals surface area contributed by atoms with Crippen molar-refractivity contribution in [3.63, 3.8) is 0 Å². The van der Waals surface area contributed by atoms with Gasteiger partial charge in [-0.1, -0.05) is 48.0 Å². The summed E-state index contributed by atoms with van der Waals surface area (Å²) in [6.07, 6.45) is 3.21. The molecule has 112 valence electrons. The Morgan fingerprint density at radius 3 is 2.55 bits per heavy atom. The van der Waals surface area contributed by atoms with Gasteiger partial charge in [0.05, 0.1) is 5.97 Å². The summed E-state index contributed by atoms with van der Waals surface area (Å²) in [6.45, 7) is 1.45. The van der Waals surface area contributed by atoms with Gasteiger partial charge in [0.15, 0.2) is 5.78 Å². The van der Waals surface area contributed by atoms with Crippen molar-refractivity contribution in [1.29, 1.82) is 0 Å². The molecule has 0 saturated heterocycles. The number of hydrogen-bond donors (Lipinski definition) is 0. The Balaban J connectivity index is 2.07. The largest absolute Gasteiger partial charge is 0.546 e. The summed E-state index contributed by atoms with van der Waals surface area (Å²) < 4.78 is 5.00. The number of aryl methyl sites for hydroxylation is 1. The van der Waals surface area contributed by atoms with Crippen LogP contribution in [-0.2, 0) is 4.79 Å². The molecular formula is C18H15O4-. The van der Waals surface area contributed by atoms with E-state index in [0.29, 0.717) is 11.3 Å². The normalized spacial score (nSPS) is 10.6. The smallest absolute Gasteiger partial charge is 0.185 e. The summed E-state index contributed by atoms with van der Waals surface area (Å²) in [5.74, 6) is -1.17. The molecule has 0 N–H and O–H groups in total. The summed E-state index contributed by atoms with van der Waals surface area (Å²) in [5, 5.41) is 10.4. The van der Waals surface area contributed by atoms with Crippen molar-refractivity contribution >= 4 is 17.8 Å². The van der Waals surface area contributed by atoms with Gasteiger partial charge in [0.2, 0.25) is 0 Å². The molecule has 2 aromatic rings. The number of ketones is 1. The topological polar surface area (TPSA) is 66.4 Å². The maximum Gasteiger partial charge on any atom is 0.185 e. The van der Waals surface area contributed by atoms with E-state index in [1.54, 1.807) is 24.3 Å². The molecule has 0 aliphatic rings. The lowest BCUT2D eigenvalue weighted by molar-refractivity contribution is -0.307. The van der Waals surface area contributed by atoms with Crippen molar-refractivity contribution in [2.45, 2.75) is 6.92 Å². The molecule has 0 saturated carbocycles. The highest BCUT2D eigenvalue weighted by Crippen LogP contribution is 2.15. The Morgan fingerprint density at radius 2 is 1.86 bits per heavy atom. The van der Waals surface area contributed by atoms with Crippen LogP contribution in [0.5, 0.6) is 5.75 Å². The number of benzene rings is 2. The first kappa shape index (κ1) is 15.5. The number of allylic oxidation sites excluding steroid dienone is 1. The summed E-state index contributed by atoms with van der Waals surface area (Å²) in [5.41, 5.74) is 2.52. The molecule has 0 atom stereocenters. The highest BCUT2D eigenvalue weighted by molar-refractivity contribution is 6.07. The first-order valence-electron chi connectivity index (χ1n) is 6.76. The molecule has 2 aromatic carbocycles. The van der Waals surface area contributed by atoms with Gasteiger partial charge in [0.25, 0.3) is 0 Å². The molecule has 0 aliphatic heterocycles. The van der Waals surface area contributed by atoms with Crippen molar-refractivity contribution in [1.82, 2.24) is 0 Å². The third-order valence-corrected chi connectivity index (χ3v) is 2.98. The van der Waals surface area contributed by atoms with Crippen molar-refractivity contribution in [3.8, 4) is 5.75 Å².